The fourth-order valence-electron chi connectivity index (χ4n) is 1.57. The average molecular weight is 330 g/mol. The Balaban J connectivity index is 0.00000441. The number of amides is 2. The second-order valence-corrected chi connectivity index (χ2v) is 4.99. The molecule has 0 saturated heterocycles. The van der Waals surface area contributed by atoms with Crippen molar-refractivity contribution in [3.8, 4) is 5.75 Å². The Morgan fingerprint density at radius 2 is 1.77 bits per heavy atom. The minimum absolute atomic E-state index is 0. The van der Waals surface area contributed by atoms with Crippen molar-refractivity contribution in [2.75, 3.05) is 13.7 Å². The van der Waals surface area contributed by atoms with Gasteiger partial charge < -0.3 is 21.1 Å². The maximum Gasteiger partial charge on any atom is 0.239 e. The van der Waals surface area contributed by atoms with E-state index >= 15 is 0 Å². The summed E-state index contributed by atoms with van der Waals surface area (Å²) < 4.78 is 5.06. The SMILES string of the molecule is COc1ccc(CNC(=O)CNC(=O)C(C)C(C)N)cc1.Cl. The molecule has 0 aliphatic rings. The molecule has 0 heterocycles. The highest BCUT2D eigenvalue weighted by atomic mass is 35.5. The van der Waals surface area contributed by atoms with Crippen molar-refractivity contribution in [3.05, 3.63) is 29.8 Å². The first kappa shape index (κ1) is 20.2. The minimum atomic E-state index is -0.320. The molecule has 1 aromatic rings. The van der Waals surface area contributed by atoms with Gasteiger partial charge in [-0.1, -0.05) is 19.1 Å². The smallest absolute Gasteiger partial charge is 0.239 e. The van der Waals surface area contributed by atoms with E-state index in [0.717, 1.165) is 11.3 Å². The van der Waals surface area contributed by atoms with Gasteiger partial charge in [0.2, 0.25) is 11.8 Å². The molecule has 0 bridgehead atoms. The van der Waals surface area contributed by atoms with Crippen LogP contribution in [0, 0.1) is 5.92 Å². The molecule has 1 rings (SSSR count). The summed E-state index contributed by atoms with van der Waals surface area (Å²) in [5, 5.41) is 5.30. The van der Waals surface area contributed by atoms with Crippen LogP contribution >= 0.6 is 12.4 Å². The average Bonchev–Trinajstić information content (AvgIpc) is 2.50. The number of nitrogens with two attached hydrogens (primary N) is 1. The highest BCUT2D eigenvalue weighted by Crippen LogP contribution is 2.10. The van der Waals surface area contributed by atoms with Crippen LogP contribution in [0.3, 0.4) is 0 Å². The lowest BCUT2D eigenvalue weighted by molar-refractivity contribution is -0.128. The van der Waals surface area contributed by atoms with Gasteiger partial charge in [-0.15, -0.1) is 12.4 Å². The van der Waals surface area contributed by atoms with Gasteiger partial charge >= 0.3 is 0 Å². The Hall–Kier alpha value is -1.79. The molecule has 0 aliphatic carbocycles. The van der Waals surface area contributed by atoms with E-state index in [1.807, 2.05) is 24.3 Å². The first-order valence-electron chi connectivity index (χ1n) is 6.87. The predicted octanol–water partition coefficient (Wildman–Crippen LogP) is 0.833. The lowest BCUT2D eigenvalue weighted by Gasteiger charge is -2.15. The monoisotopic (exact) mass is 329 g/mol. The summed E-state index contributed by atoms with van der Waals surface area (Å²) in [4.78, 5) is 23.3. The molecule has 2 atom stereocenters. The van der Waals surface area contributed by atoms with E-state index < -0.39 is 0 Å². The van der Waals surface area contributed by atoms with Crippen molar-refractivity contribution in [1.82, 2.24) is 10.6 Å². The van der Waals surface area contributed by atoms with Crippen molar-refractivity contribution in [2.45, 2.75) is 26.4 Å². The van der Waals surface area contributed by atoms with Gasteiger partial charge in [-0.2, -0.15) is 0 Å². The maximum atomic E-state index is 11.7. The lowest BCUT2D eigenvalue weighted by atomic mass is 10.0. The maximum absolute atomic E-state index is 11.7. The van der Waals surface area contributed by atoms with E-state index in [4.69, 9.17) is 10.5 Å². The van der Waals surface area contributed by atoms with Crippen molar-refractivity contribution < 1.29 is 14.3 Å². The number of ether oxygens (including phenoxy) is 1. The Morgan fingerprint density at radius 1 is 1.18 bits per heavy atom. The first-order chi connectivity index (χ1) is 9.93. The molecule has 4 N–H and O–H groups in total. The normalized spacial score (nSPS) is 12.5. The summed E-state index contributed by atoms with van der Waals surface area (Å²) in [6, 6.07) is 7.15. The van der Waals surface area contributed by atoms with Gasteiger partial charge in [0.15, 0.2) is 0 Å². The van der Waals surface area contributed by atoms with Crippen LogP contribution in [0.2, 0.25) is 0 Å². The predicted molar refractivity (Wildman–Crippen MR) is 87.9 cm³/mol. The molecule has 0 fully saturated rings. The van der Waals surface area contributed by atoms with Crippen LogP contribution in [0.4, 0.5) is 0 Å². The Labute approximate surface area is 137 Å². The number of carbonyl (C=O) groups excluding carboxylic acids is 2. The lowest BCUT2D eigenvalue weighted by Crippen LogP contribution is -2.43. The fourth-order valence-corrected chi connectivity index (χ4v) is 1.57. The quantitative estimate of drug-likeness (QED) is 0.691. The molecule has 0 saturated carbocycles. The number of benzene rings is 1. The molecule has 7 heteroatoms. The molecule has 0 aliphatic heterocycles. The van der Waals surface area contributed by atoms with E-state index in [1.165, 1.54) is 0 Å². The topological polar surface area (TPSA) is 93.5 Å². The Bertz CT molecular complexity index is 477. The van der Waals surface area contributed by atoms with Crippen LogP contribution in [0.15, 0.2) is 24.3 Å². The number of halogens is 1. The zero-order valence-electron chi connectivity index (χ0n) is 13.1. The fraction of sp³-hybridized carbons (Fsp3) is 0.467. The summed E-state index contributed by atoms with van der Waals surface area (Å²) in [5.41, 5.74) is 6.59. The van der Waals surface area contributed by atoms with Gasteiger partial charge in [0.05, 0.1) is 13.7 Å². The van der Waals surface area contributed by atoms with Crippen molar-refractivity contribution in [3.63, 3.8) is 0 Å². The number of methoxy groups -OCH3 is 1. The largest absolute Gasteiger partial charge is 0.497 e. The molecular weight excluding hydrogens is 306 g/mol. The number of hydrogen-bond acceptors (Lipinski definition) is 4. The van der Waals surface area contributed by atoms with Crippen LogP contribution in [0.1, 0.15) is 19.4 Å². The minimum Gasteiger partial charge on any atom is -0.497 e. The van der Waals surface area contributed by atoms with E-state index in [2.05, 4.69) is 10.6 Å². The zero-order valence-corrected chi connectivity index (χ0v) is 13.9. The molecule has 0 spiro atoms. The number of carbonyl (C=O) groups is 2. The summed E-state index contributed by atoms with van der Waals surface area (Å²) in [7, 11) is 1.60. The Kier molecular flexibility index (Phi) is 9.21. The van der Waals surface area contributed by atoms with Crippen molar-refractivity contribution in [2.24, 2.45) is 11.7 Å². The van der Waals surface area contributed by atoms with Crippen molar-refractivity contribution >= 4 is 24.2 Å². The van der Waals surface area contributed by atoms with Gasteiger partial charge in [0.25, 0.3) is 0 Å². The van der Waals surface area contributed by atoms with E-state index in [0.29, 0.717) is 6.54 Å². The van der Waals surface area contributed by atoms with Crippen LogP contribution in [0.25, 0.3) is 0 Å². The van der Waals surface area contributed by atoms with Gasteiger partial charge in [0.1, 0.15) is 5.75 Å². The van der Waals surface area contributed by atoms with E-state index in [9.17, 15) is 9.59 Å². The van der Waals surface area contributed by atoms with Crippen LogP contribution in [-0.4, -0.2) is 31.5 Å². The van der Waals surface area contributed by atoms with Crippen LogP contribution in [-0.2, 0) is 16.1 Å². The third-order valence-corrected chi connectivity index (χ3v) is 3.27. The number of hydrogen-bond donors (Lipinski definition) is 3. The molecule has 2 amide bonds. The second-order valence-electron chi connectivity index (χ2n) is 4.99. The van der Waals surface area contributed by atoms with E-state index in [-0.39, 0.29) is 42.7 Å². The number of nitrogens with one attached hydrogen (secondary N) is 2. The van der Waals surface area contributed by atoms with E-state index in [1.54, 1.807) is 21.0 Å². The van der Waals surface area contributed by atoms with Crippen LogP contribution in [0.5, 0.6) is 5.75 Å². The molecule has 6 nitrogen and oxygen atoms in total. The molecule has 0 radical (unpaired) electrons. The molecule has 1 aromatic carbocycles. The third kappa shape index (κ3) is 6.78. The summed E-state index contributed by atoms with van der Waals surface area (Å²) in [6.07, 6.45) is 0. The molecule has 22 heavy (non-hydrogen) atoms. The summed E-state index contributed by atoms with van der Waals surface area (Å²) in [5.74, 6) is -0.0118. The number of rotatable bonds is 7. The molecular formula is C15H24ClN3O3. The molecule has 124 valence electrons. The third-order valence-electron chi connectivity index (χ3n) is 3.27. The van der Waals surface area contributed by atoms with Gasteiger partial charge in [-0.3, -0.25) is 9.59 Å². The highest BCUT2D eigenvalue weighted by Gasteiger charge is 2.17. The Morgan fingerprint density at radius 3 is 2.27 bits per heavy atom. The summed E-state index contributed by atoms with van der Waals surface area (Å²) in [6.45, 7) is 3.84. The highest BCUT2D eigenvalue weighted by molar-refractivity contribution is 5.86. The van der Waals surface area contributed by atoms with Gasteiger partial charge in [-0.25, -0.2) is 0 Å². The van der Waals surface area contributed by atoms with Gasteiger partial charge in [0, 0.05) is 18.5 Å². The standard InChI is InChI=1S/C15H23N3O3.ClH/c1-10(11(2)16)15(20)18-9-14(19)17-8-12-4-6-13(21-3)7-5-12;/h4-7,10-11H,8-9,16H2,1-3H3,(H,17,19)(H,18,20);1H. The zero-order chi connectivity index (χ0) is 15.8. The summed E-state index contributed by atoms with van der Waals surface area (Å²) >= 11 is 0. The first-order valence-corrected chi connectivity index (χ1v) is 6.87. The molecule has 2 unspecified atom stereocenters. The van der Waals surface area contributed by atoms with Crippen molar-refractivity contribution in [1.29, 1.82) is 0 Å². The molecule has 0 aromatic heterocycles. The second kappa shape index (κ2) is 10.0. The van der Waals surface area contributed by atoms with Gasteiger partial charge in [-0.05, 0) is 24.6 Å². The van der Waals surface area contributed by atoms with Crippen LogP contribution < -0.4 is 21.1 Å².